The van der Waals surface area contributed by atoms with E-state index in [-0.39, 0.29) is 29.1 Å². The van der Waals surface area contributed by atoms with Gasteiger partial charge in [-0.1, -0.05) is 44.2 Å². The molecule has 1 N–H and O–H groups in total. The number of hydrogen-bond donors (Lipinski definition) is 1. The number of anilines is 1. The maximum atomic E-state index is 14.5. The lowest BCUT2D eigenvalue weighted by Crippen LogP contribution is -2.50. The number of carbonyl (C=O) groups is 2. The highest BCUT2D eigenvalue weighted by Crippen LogP contribution is 2.56. The summed E-state index contributed by atoms with van der Waals surface area (Å²) in [4.78, 5) is 59.7. The minimum absolute atomic E-state index is 0.115. The van der Waals surface area contributed by atoms with Gasteiger partial charge in [-0.05, 0) is 49.1 Å². The SMILES string of the molecule is Cc1cc([N+](=O)[O-])ccc1N1C(=O)[C@H]2[C@H](CC(C)C)N[C@]3(c4ccccc4-n4c3nc3ccccc3c4=O)[C@H]2C1=O. The standard InChI is InChI=1S/C31H27N5O5/c1-16(2)14-22-25-26(29(39)34(28(25)38)23-13-12-18(36(40)41)15-17(23)3)31(33-22)20-9-5-7-11-24(20)35-27(37)19-8-4-6-10-21(19)32-30(31)35/h4-13,15-16,22,25-26,33H,14H2,1-3H3/t22-,25-,26+,31+/m0/s1. The van der Waals surface area contributed by atoms with Crippen molar-refractivity contribution in [3.63, 3.8) is 0 Å². The number of fused-ring (bicyclic) bond motifs is 8. The van der Waals surface area contributed by atoms with Crippen LogP contribution >= 0.6 is 0 Å². The maximum absolute atomic E-state index is 14.5. The molecule has 7 rings (SSSR count). The Morgan fingerprint density at radius 1 is 1.00 bits per heavy atom. The van der Waals surface area contributed by atoms with E-state index in [2.05, 4.69) is 19.2 Å². The molecule has 0 unspecified atom stereocenters. The molecule has 1 aromatic heterocycles. The second kappa shape index (κ2) is 8.65. The molecule has 4 aromatic rings. The average Bonchev–Trinajstić information content (AvgIpc) is 3.51. The molecule has 0 aliphatic carbocycles. The van der Waals surface area contributed by atoms with Gasteiger partial charge in [-0.2, -0.15) is 0 Å². The van der Waals surface area contributed by atoms with Gasteiger partial charge in [0.15, 0.2) is 0 Å². The number of rotatable bonds is 4. The lowest BCUT2D eigenvalue weighted by molar-refractivity contribution is -0.384. The molecule has 4 atom stereocenters. The maximum Gasteiger partial charge on any atom is 0.269 e. The molecule has 0 saturated carbocycles. The van der Waals surface area contributed by atoms with Gasteiger partial charge < -0.3 is 0 Å². The molecule has 206 valence electrons. The third-order valence-corrected chi connectivity index (χ3v) is 8.72. The Labute approximate surface area is 234 Å². The first-order valence-corrected chi connectivity index (χ1v) is 13.7. The summed E-state index contributed by atoms with van der Waals surface area (Å²) in [6.45, 7) is 5.78. The number of benzene rings is 3. The summed E-state index contributed by atoms with van der Waals surface area (Å²) in [6, 6.07) is 18.3. The van der Waals surface area contributed by atoms with Crippen LogP contribution in [0.3, 0.4) is 0 Å². The van der Waals surface area contributed by atoms with Gasteiger partial charge in [0.1, 0.15) is 11.4 Å². The Morgan fingerprint density at radius 3 is 2.46 bits per heavy atom. The predicted octanol–water partition coefficient (Wildman–Crippen LogP) is 3.98. The van der Waals surface area contributed by atoms with Gasteiger partial charge in [0.05, 0.1) is 39.0 Å². The molecule has 3 aromatic carbocycles. The summed E-state index contributed by atoms with van der Waals surface area (Å²) >= 11 is 0. The molecule has 2 fully saturated rings. The predicted molar refractivity (Wildman–Crippen MR) is 152 cm³/mol. The molecule has 4 heterocycles. The monoisotopic (exact) mass is 549 g/mol. The molecule has 10 heteroatoms. The summed E-state index contributed by atoms with van der Waals surface area (Å²) in [6.07, 6.45) is 0.620. The van der Waals surface area contributed by atoms with E-state index in [0.717, 1.165) is 5.56 Å². The van der Waals surface area contributed by atoms with E-state index in [1.807, 2.05) is 30.3 Å². The third kappa shape index (κ3) is 3.28. The highest BCUT2D eigenvalue weighted by Gasteiger charge is 2.69. The highest BCUT2D eigenvalue weighted by atomic mass is 16.6. The largest absolute Gasteiger partial charge is 0.297 e. The summed E-state index contributed by atoms with van der Waals surface area (Å²) in [7, 11) is 0. The van der Waals surface area contributed by atoms with E-state index in [1.54, 1.807) is 29.7 Å². The lowest BCUT2D eigenvalue weighted by atomic mass is 9.75. The van der Waals surface area contributed by atoms with Gasteiger partial charge in [-0.25, -0.2) is 9.88 Å². The molecule has 3 aliphatic heterocycles. The first-order valence-electron chi connectivity index (χ1n) is 13.7. The van der Waals surface area contributed by atoms with E-state index in [4.69, 9.17) is 4.98 Å². The van der Waals surface area contributed by atoms with Crippen LogP contribution in [-0.4, -0.2) is 32.3 Å². The van der Waals surface area contributed by atoms with Crippen molar-refractivity contribution in [2.24, 2.45) is 17.8 Å². The zero-order chi connectivity index (χ0) is 28.8. The Morgan fingerprint density at radius 2 is 1.73 bits per heavy atom. The molecular weight excluding hydrogens is 522 g/mol. The Kier molecular flexibility index (Phi) is 5.33. The van der Waals surface area contributed by atoms with Crippen LogP contribution in [0, 0.1) is 34.8 Å². The number of nitro benzene ring substituents is 1. The van der Waals surface area contributed by atoms with Crippen molar-refractivity contribution in [3.05, 3.63) is 104 Å². The summed E-state index contributed by atoms with van der Waals surface area (Å²) in [5, 5.41) is 15.5. The molecule has 0 radical (unpaired) electrons. The molecule has 2 saturated heterocycles. The molecule has 3 aliphatic rings. The molecule has 0 bridgehead atoms. The van der Waals surface area contributed by atoms with Crippen molar-refractivity contribution in [2.45, 2.75) is 38.8 Å². The number of nitro groups is 1. The third-order valence-electron chi connectivity index (χ3n) is 8.72. The number of para-hydroxylation sites is 2. The van der Waals surface area contributed by atoms with Crippen molar-refractivity contribution in [3.8, 4) is 5.69 Å². The quantitative estimate of drug-likeness (QED) is 0.232. The van der Waals surface area contributed by atoms with Crippen LogP contribution in [0.5, 0.6) is 0 Å². The van der Waals surface area contributed by atoms with Crippen LogP contribution < -0.4 is 15.8 Å². The van der Waals surface area contributed by atoms with Crippen LogP contribution in [-0.2, 0) is 15.1 Å². The normalized spacial score (nSPS) is 24.4. The number of amides is 2. The fraction of sp³-hybridized carbons (Fsp3) is 0.290. The van der Waals surface area contributed by atoms with Crippen molar-refractivity contribution in [1.29, 1.82) is 0 Å². The number of non-ortho nitro benzene ring substituents is 1. The zero-order valence-corrected chi connectivity index (χ0v) is 22.7. The van der Waals surface area contributed by atoms with Crippen molar-refractivity contribution in [2.75, 3.05) is 4.90 Å². The van der Waals surface area contributed by atoms with Gasteiger partial charge in [0, 0.05) is 23.7 Å². The summed E-state index contributed by atoms with van der Waals surface area (Å²) < 4.78 is 1.58. The highest BCUT2D eigenvalue weighted by molar-refractivity contribution is 6.23. The number of nitrogens with zero attached hydrogens (tertiary/aromatic N) is 4. The van der Waals surface area contributed by atoms with Gasteiger partial charge in [0.2, 0.25) is 11.8 Å². The number of hydrogen-bond acceptors (Lipinski definition) is 7. The van der Waals surface area contributed by atoms with Crippen molar-refractivity contribution >= 4 is 34.1 Å². The zero-order valence-electron chi connectivity index (χ0n) is 22.7. The summed E-state index contributed by atoms with van der Waals surface area (Å²) in [5.74, 6) is -1.76. The molecule has 41 heavy (non-hydrogen) atoms. The van der Waals surface area contributed by atoms with E-state index in [1.165, 1.54) is 23.1 Å². The number of nitrogens with one attached hydrogen (secondary N) is 1. The molecule has 1 spiro atoms. The van der Waals surface area contributed by atoms with Crippen LogP contribution in [0.25, 0.3) is 16.6 Å². The summed E-state index contributed by atoms with van der Waals surface area (Å²) in [5.41, 5.74) is 1.08. The van der Waals surface area contributed by atoms with Crippen molar-refractivity contribution in [1.82, 2.24) is 14.9 Å². The molecule has 10 nitrogen and oxygen atoms in total. The second-order valence-corrected chi connectivity index (χ2v) is 11.5. The van der Waals surface area contributed by atoms with Crippen LogP contribution in [0.4, 0.5) is 11.4 Å². The first-order chi connectivity index (χ1) is 19.6. The van der Waals surface area contributed by atoms with E-state index < -0.39 is 28.2 Å². The molecule has 2 amide bonds. The number of carbonyl (C=O) groups excluding carboxylic acids is 2. The Hall–Kier alpha value is -4.70. The Bertz CT molecular complexity index is 1880. The number of aryl methyl sites for hydroxylation is 1. The van der Waals surface area contributed by atoms with E-state index in [0.29, 0.717) is 40.1 Å². The van der Waals surface area contributed by atoms with Crippen LogP contribution in [0.1, 0.15) is 37.2 Å². The van der Waals surface area contributed by atoms with Gasteiger partial charge in [-0.15, -0.1) is 0 Å². The van der Waals surface area contributed by atoms with Gasteiger partial charge in [0.25, 0.3) is 11.2 Å². The number of imide groups is 1. The average molecular weight is 550 g/mol. The first kappa shape index (κ1) is 25.3. The minimum atomic E-state index is -1.22. The Balaban J connectivity index is 1.49. The van der Waals surface area contributed by atoms with Gasteiger partial charge >= 0.3 is 0 Å². The van der Waals surface area contributed by atoms with Gasteiger partial charge in [-0.3, -0.25) is 34.4 Å². The smallest absolute Gasteiger partial charge is 0.269 e. The fourth-order valence-corrected chi connectivity index (χ4v) is 7.17. The second-order valence-electron chi connectivity index (χ2n) is 11.5. The van der Waals surface area contributed by atoms with E-state index >= 15 is 0 Å². The van der Waals surface area contributed by atoms with E-state index in [9.17, 15) is 24.5 Å². The molecular formula is C31H27N5O5. The topological polar surface area (TPSA) is 127 Å². The lowest BCUT2D eigenvalue weighted by Gasteiger charge is -2.32. The van der Waals surface area contributed by atoms with Crippen LogP contribution in [0.2, 0.25) is 0 Å². The van der Waals surface area contributed by atoms with Crippen LogP contribution in [0.15, 0.2) is 71.5 Å². The fourth-order valence-electron chi connectivity index (χ4n) is 7.17. The van der Waals surface area contributed by atoms with Crippen molar-refractivity contribution < 1.29 is 14.5 Å². The minimum Gasteiger partial charge on any atom is -0.297 e. The number of aromatic nitrogens is 2.